The minimum atomic E-state index is -0.787. The van der Waals surface area contributed by atoms with Gasteiger partial charge in [0.1, 0.15) is 6.04 Å². The lowest BCUT2D eigenvalue weighted by molar-refractivity contribution is -0.138. The normalized spacial score (nSPS) is 17.9. The summed E-state index contributed by atoms with van der Waals surface area (Å²) in [6.45, 7) is 4.59. The molecule has 0 fully saturated rings. The highest BCUT2D eigenvalue weighted by atomic mass is 32.1. The zero-order valence-electron chi connectivity index (χ0n) is 11.5. The summed E-state index contributed by atoms with van der Waals surface area (Å²) in [7, 11) is 0. The first-order chi connectivity index (χ1) is 9.56. The molecule has 1 aromatic heterocycles. The highest BCUT2D eigenvalue weighted by molar-refractivity contribution is 7.15. The molecule has 4 nitrogen and oxygen atoms in total. The maximum absolute atomic E-state index is 11.6. The molecule has 2 heterocycles. The van der Waals surface area contributed by atoms with E-state index in [0.29, 0.717) is 13.0 Å². The Bertz CT molecular complexity index is 646. The third-order valence-corrected chi connectivity index (χ3v) is 4.91. The molecule has 0 aliphatic carbocycles. The zero-order valence-corrected chi connectivity index (χ0v) is 12.3. The van der Waals surface area contributed by atoms with Gasteiger partial charge in [-0.1, -0.05) is 24.3 Å². The molecule has 1 N–H and O–H groups in total. The number of hydrogen-bond acceptors (Lipinski definition) is 4. The van der Waals surface area contributed by atoms with Crippen LogP contribution in [0.1, 0.15) is 21.7 Å². The van der Waals surface area contributed by atoms with E-state index in [1.54, 1.807) is 11.3 Å². The largest absolute Gasteiger partial charge is 0.480 e. The van der Waals surface area contributed by atoms with E-state index in [2.05, 4.69) is 11.1 Å². The average Bonchev–Trinajstić information content (AvgIpc) is 2.77. The van der Waals surface area contributed by atoms with Crippen molar-refractivity contribution in [2.24, 2.45) is 0 Å². The van der Waals surface area contributed by atoms with Gasteiger partial charge in [-0.05, 0) is 25.0 Å². The molecule has 0 radical (unpaired) electrons. The second kappa shape index (κ2) is 4.90. The minimum Gasteiger partial charge on any atom is -0.480 e. The number of carboxylic acid groups (broad SMARTS) is 1. The summed E-state index contributed by atoms with van der Waals surface area (Å²) >= 11 is 1.57. The van der Waals surface area contributed by atoms with Gasteiger partial charge >= 0.3 is 5.97 Å². The maximum atomic E-state index is 11.6. The van der Waals surface area contributed by atoms with E-state index in [4.69, 9.17) is 0 Å². The molecule has 1 aliphatic heterocycles. The van der Waals surface area contributed by atoms with Crippen molar-refractivity contribution in [3.8, 4) is 0 Å². The molecule has 1 aromatic carbocycles. The Morgan fingerprint density at radius 1 is 1.35 bits per heavy atom. The summed E-state index contributed by atoms with van der Waals surface area (Å²) in [4.78, 5) is 19.1. The summed E-state index contributed by atoms with van der Waals surface area (Å²) in [5, 5.41) is 10.3. The Labute approximate surface area is 121 Å². The van der Waals surface area contributed by atoms with Crippen molar-refractivity contribution in [1.29, 1.82) is 0 Å². The number of carbonyl (C=O) groups is 1. The van der Waals surface area contributed by atoms with Crippen molar-refractivity contribution < 1.29 is 9.90 Å². The molecule has 1 unspecified atom stereocenters. The highest BCUT2D eigenvalue weighted by Gasteiger charge is 2.33. The lowest BCUT2D eigenvalue weighted by Gasteiger charge is -2.34. The van der Waals surface area contributed by atoms with Crippen LogP contribution in [0.15, 0.2) is 24.3 Å². The molecule has 1 atom stereocenters. The number of fused-ring (bicyclic) bond motifs is 1. The van der Waals surface area contributed by atoms with Gasteiger partial charge in [0.25, 0.3) is 0 Å². The molecule has 0 amide bonds. The Morgan fingerprint density at radius 3 is 2.65 bits per heavy atom. The summed E-state index contributed by atoms with van der Waals surface area (Å²) in [5.41, 5.74) is 3.30. The van der Waals surface area contributed by atoms with E-state index in [0.717, 1.165) is 21.3 Å². The van der Waals surface area contributed by atoms with Gasteiger partial charge in [0.15, 0.2) is 5.13 Å². The van der Waals surface area contributed by atoms with Crippen LogP contribution in [0, 0.1) is 13.8 Å². The fourth-order valence-electron chi connectivity index (χ4n) is 2.52. The third kappa shape index (κ3) is 2.18. The topological polar surface area (TPSA) is 53.4 Å². The molecule has 0 bridgehead atoms. The standard InChI is InChI=1S/C15H16N2O2S/c1-9-10(2)20-15(16-9)17-8-12-6-4-3-5-11(12)7-13(17)14(18)19/h3-6,13H,7-8H2,1-2H3,(H,18,19). The number of aromatic nitrogens is 1. The second-order valence-corrected chi connectivity index (χ2v) is 6.27. The van der Waals surface area contributed by atoms with Crippen molar-refractivity contribution in [3.63, 3.8) is 0 Å². The van der Waals surface area contributed by atoms with Crippen molar-refractivity contribution in [2.45, 2.75) is 32.9 Å². The van der Waals surface area contributed by atoms with E-state index < -0.39 is 12.0 Å². The van der Waals surface area contributed by atoms with Crippen LogP contribution in [-0.4, -0.2) is 22.1 Å². The number of aliphatic carboxylic acids is 1. The van der Waals surface area contributed by atoms with Gasteiger partial charge in [-0.15, -0.1) is 11.3 Å². The third-order valence-electron chi connectivity index (χ3n) is 3.80. The molecule has 2 aromatic rings. The number of thiazole rings is 1. The number of aryl methyl sites for hydroxylation is 2. The lowest BCUT2D eigenvalue weighted by atomic mass is 9.94. The molecule has 104 valence electrons. The number of rotatable bonds is 2. The van der Waals surface area contributed by atoms with E-state index in [9.17, 15) is 9.90 Å². The van der Waals surface area contributed by atoms with Gasteiger partial charge in [-0.3, -0.25) is 0 Å². The monoisotopic (exact) mass is 288 g/mol. The fourth-order valence-corrected chi connectivity index (χ4v) is 3.48. The quantitative estimate of drug-likeness (QED) is 0.923. The van der Waals surface area contributed by atoms with Crippen molar-refractivity contribution in [1.82, 2.24) is 4.98 Å². The van der Waals surface area contributed by atoms with E-state index >= 15 is 0 Å². The molecule has 3 rings (SSSR count). The van der Waals surface area contributed by atoms with Gasteiger partial charge in [0.05, 0.1) is 5.69 Å². The zero-order chi connectivity index (χ0) is 14.3. The molecule has 0 saturated carbocycles. The smallest absolute Gasteiger partial charge is 0.326 e. The van der Waals surface area contributed by atoms with Crippen molar-refractivity contribution in [3.05, 3.63) is 46.0 Å². The highest BCUT2D eigenvalue weighted by Crippen LogP contribution is 2.32. The van der Waals surface area contributed by atoms with Gasteiger partial charge in [-0.25, -0.2) is 9.78 Å². The van der Waals surface area contributed by atoms with Gasteiger partial charge in [-0.2, -0.15) is 0 Å². The average molecular weight is 288 g/mol. The van der Waals surface area contributed by atoms with Crippen LogP contribution in [0.2, 0.25) is 0 Å². The Balaban J connectivity index is 2.02. The fraction of sp³-hybridized carbons (Fsp3) is 0.333. The van der Waals surface area contributed by atoms with Crippen LogP contribution in [0.25, 0.3) is 0 Å². The molecule has 20 heavy (non-hydrogen) atoms. The Hall–Kier alpha value is -1.88. The Kier molecular flexibility index (Phi) is 3.22. The van der Waals surface area contributed by atoms with Gasteiger partial charge in [0.2, 0.25) is 0 Å². The van der Waals surface area contributed by atoms with Crippen LogP contribution < -0.4 is 4.90 Å². The molecule has 1 aliphatic rings. The second-order valence-electron chi connectivity index (χ2n) is 5.09. The van der Waals surface area contributed by atoms with Gasteiger partial charge < -0.3 is 10.0 Å². The van der Waals surface area contributed by atoms with E-state index in [1.807, 2.05) is 36.9 Å². The molecular formula is C15H16N2O2S. The molecular weight excluding hydrogens is 272 g/mol. The van der Waals surface area contributed by atoms with Crippen molar-refractivity contribution in [2.75, 3.05) is 4.90 Å². The number of nitrogens with zero attached hydrogens (tertiary/aromatic N) is 2. The van der Waals surface area contributed by atoms with E-state index in [1.165, 1.54) is 5.56 Å². The van der Waals surface area contributed by atoms with Gasteiger partial charge in [0, 0.05) is 17.8 Å². The number of anilines is 1. The predicted octanol–water partition coefficient (Wildman–Crippen LogP) is 2.78. The van der Waals surface area contributed by atoms with Crippen LogP contribution >= 0.6 is 11.3 Å². The summed E-state index contributed by atoms with van der Waals surface area (Å²) in [6.07, 6.45) is 0.531. The van der Waals surface area contributed by atoms with Crippen LogP contribution in [0.5, 0.6) is 0 Å². The van der Waals surface area contributed by atoms with Crippen LogP contribution in [0.4, 0.5) is 5.13 Å². The number of hydrogen-bond donors (Lipinski definition) is 1. The first kappa shape index (κ1) is 13.1. The molecule has 0 spiro atoms. The van der Waals surface area contributed by atoms with Crippen LogP contribution in [0.3, 0.4) is 0 Å². The first-order valence-electron chi connectivity index (χ1n) is 6.56. The summed E-state index contributed by atoms with van der Waals surface area (Å²) < 4.78 is 0. The maximum Gasteiger partial charge on any atom is 0.326 e. The number of benzene rings is 1. The van der Waals surface area contributed by atoms with E-state index in [-0.39, 0.29) is 0 Å². The molecule has 5 heteroatoms. The molecule has 0 saturated heterocycles. The van der Waals surface area contributed by atoms with Crippen molar-refractivity contribution >= 4 is 22.4 Å². The summed E-state index contributed by atoms with van der Waals surface area (Å²) in [5.74, 6) is -0.787. The van der Waals surface area contributed by atoms with Crippen LogP contribution in [-0.2, 0) is 17.8 Å². The Morgan fingerprint density at radius 2 is 2.05 bits per heavy atom. The lowest BCUT2D eigenvalue weighted by Crippen LogP contribution is -2.45. The minimum absolute atomic E-state index is 0.531. The predicted molar refractivity (Wildman–Crippen MR) is 79.3 cm³/mol. The number of carboxylic acids is 1. The first-order valence-corrected chi connectivity index (χ1v) is 7.38. The summed E-state index contributed by atoms with van der Waals surface area (Å²) in [6, 6.07) is 7.51. The SMILES string of the molecule is Cc1nc(N2Cc3ccccc3CC2C(=O)O)sc1C.